The molecule has 1 atom stereocenters. The topological polar surface area (TPSA) is 66.7 Å². The summed E-state index contributed by atoms with van der Waals surface area (Å²) in [5.74, 6) is 0.256. The number of likely N-dealkylation sites (N-methyl/N-ethyl adjacent to an activating group) is 1. The summed E-state index contributed by atoms with van der Waals surface area (Å²) < 4.78 is 43.6. The Morgan fingerprint density at radius 2 is 1.97 bits per heavy atom. The summed E-state index contributed by atoms with van der Waals surface area (Å²) in [6.07, 6.45) is -0.993. The molecular formula is C19H28F3IN6O. The van der Waals surface area contributed by atoms with Crippen LogP contribution in [0.2, 0.25) is 0 Å². The number of halogens is 4. The molecule has 0 saturated heterocycles. The molecule has 1 aromatic heterocycles. The van der Waals surface area contributed by atoms with E-state index in [1.54, 1.807) is 23.0 Å². The number of guanidine groups is 1. The maximum atomic E-state index is 12.6. The van der Waals surface area contributed by atoms with E-state index in [1.165, 1.54) is 12.1 Å². The molecule has 0 spiro atoms. The molecule has 7 nitrogen and oxygen atoms in total. The lowest BCUT2D eigenvalue weighted by Gasteiger charge is -2.24. The Morgan fingerprint density at radius 3 is 2.53 bits per heavy atom. The maximum Gasteiger partial charge on any atom is 0.573 e. The second kappa shape index (κ2) is 12.0. The van der Waals surface area contributed by atoms with Crippen LogP contribution in [0, 0.1) is 0 Å². The van der Waals surface area contributed by atoms with Crippen molar-refractivity contribution in [2.24, 2.45) is 12.0 Å². The third-order valence-electron chi connectivity index (χ3n) is 4.15. The molecule has 11 heteroatoms. The van der Waals surface area contributed by atoms with Crippen molar-refractivity contribution < 1.29 is 17.9 Å². The summed E-state index contributed by atoms with van der Waals surface area (Å²) in [6.45, 7) is 3.13. The molecule has 0 aliphatic carbocycles. The number of nitrogens with one attached hydrogen (secondary N) is 2. The second-order valence-electron chi connectivity index (χ2n) is 6.66. The average Bonchev–Trinajstić information content (AvgIpc) is 3.05. The van der Waals surface area contributed by atoms with Crippen LogP contribution in [0.4, 0.5) is 13.2 Å². The molecule has 2 rings (SSSR count). The van der Waals surface area contributed by atoms with E-state index in [2.05, 4.69) is 30.4 Å². The van der Waals surface area contributed by atoms with E-state index in [-0.39, 0.29) is 42.3 Å². The van der Waals surface area contributed by atoms with Crippen molar-refractivity contribution in [2.75, 3.05) is 27.2 Å². The Balaban J connectivity index is 0.00000450. The van der Waals surface area contributed by atoms with Crippen LogP contribution in [-0.2, 0) is 13.6 Å². The summed E-state index contributed by atoms with van der Waals surface area (Å²) >= 11 is 0. The Hall–Kier alpha value is -2.02. The number of alkyl halides is 3. The highest BCUT2D eigenvalue weighted by molar-refractivity contribution is 14.0. The molecule has 0 saturated carbocycles. The molecule has 0 radical (unpaired) electrons. The summed E-state index contributed by atoms with van der Waals surface area (Å²) in [4.78, 5) is 6.47. The largest absolute Gasteiger partial charge is 0.573 e. The molecule has 168 valence electrons. The fourth-order valence-corrected chi connectivity index (χ4v) is 2.77. The number of rotatable bonds is 8. The number of aryl methyl sites for hydroxylation is 1. The number of aromatic nitrogens is 2. The van der Waals surface area contributed by atoms with Gasteiger partial charge in [-0.1, -0.05) is 18.2 Å². The monoisotopic (exact) mass is 540 g/mol. The van der Waals surface area contributed by atoms with Gasteiger partial charge in [-0.2, -0.15) is 5.10 Å². The van der Waals surface area contributed by atoms with Gasteiger partial charge in [-0.3, -0.25) is 4.68 Å². The normalized spacial score (nSPS) is 13.0. The molecule has 0 aliphatic rings. The summed E-state index contributed by atoms with van der Waals surface area (Å²) in [5.41, 5.74) is 1.39. The van der Waals surface area contributed by atoms with Crippen molar-refractivity contribution >= 4 is 29.9 Å². The SMILES string of the molecule is CCNC(=NCc1ccccc1OC(F)(F)F)NCC(c1cnn(C)c1)N(C)C.I. The minimum Gasteiger partial charge on any atom is -0.405 e. The van der Waals surface area contributed by atoms with Crippen LogP contribution in [0.3, 0.4) is 0 Å². The first-order chi connectivity index (χ1) is 13.7. The van der Waals surface area contributed by atoms with Crippen molar-refractivity contribution in [3.05, 3.63) is 47.8 Å². The van der Waals surface area contributed by atoms with Crippen molar-refractivity contribution in [3.63, 3.8) is 0 Å². The van der Waals surface area contributed by atoms with Gasteiger partial charge in [0.1, 0.15) is 5.75 Å². The molecule has 0 fully saturated rings. The van der Waals surface area contributed by atoms with E-state index in [4.69, 9.17) is 0 Å². The first-order valence-corrected chi connectivity index (χ1v) is 9.20. The first-order valence-electron chi connectivity index (χ1n) is 9.20. The molecule has 30 heavy (non-hydrogen) atoms. The quantitative estimate of drug-likeness (QED) is 0.306. The first kappa shape index (κ1) is 26.0. The van der Waals surface area contributed by atoms with Gasteiger partial charge in [-0.25, -0.2) is 4.99 Å². The van der Waals surface area contributed by atoms with Gasteiger partial charge in [0.2, 0.25) is 0 Å². The fraction of sp³-hybridized carbons (Fsp3) is 0.474. The van der Waals surface area contributed by atoms with Gasteiger partial charge >= 0.3 is 6.36 Å². The van der Waals surface area contributed by atoms with E-state index in [0.717, 1.165) is 5.56 Å². The Morgan fingerprint density at radius 1 is 1.27 bits per heavy atom. The predicted molar refractivity (Wildman–Crippen MR) is 121 cm³/mol. The third kappa shape index (κ3) is 8.38. The number of para-hydroxylation sites is 1. The van der Waals surface area contributed by atoms with Crippen LogP contribution < -0.4 is 15.4 Å². The van der Waals surface area contributed by atoms with Crippen LogP contribution in [0.25, 0.3) is 0 Å². The highest BCUT2D eigenvalue weighted by Gasteiger charge is 2.31. The average molecular weight is 540 g/mol. The lowest BCUT2D eigenvalue weighted by molar-refractivity contribution is -0.274. The number of hydrogen-bond acceptors (Lipinski definition) is 4. The highest BCUT2D eigenvalue weighted by Crippen LogP contribution is 2.26. The molecule has 1 aromatic carbocycles. The van der Waals surface area contributed by atoms with Crippen LogP contribution in [0.1, 0.15) is 24.1 Å². The standard InChI is InChI=1S/C19H27F3N6O.HI/c1-5-23-18(25-12-16(27(2)3)15-11-26-28(4)13-15)24-10-14-8-6-7-9-17(14)29-19(20,21)22;/h6-9,11,13,16H,5,10,12H2,1-4H3,(H2,23,24,25);1H. The number of aliphatic imine (C=N–C) groups is 1. The van der Waals surface area contributed by atoms with Crippen LogP contribution in [0.15, 0.2) is 41.7 Å². The number of benzene rings is 1. The smallest absolute Gasteiger partial charge is 0.405 e. The molecule has 0 aliphatic heterocycles. The Bertz CT molecular complexity index is 810. The minimum absolute atomic E-state index is 0. The Kier molecular flexibility index (Phi) is 10.4. The van der Waals surface area contributed by atoms with Gasteiger partial charge in [-0.15, -0.1) is 37.1 Å². The summed E-state index contributed by atoms with van der Waals surface area (Å²) in [6, 6.07) is 6.04. The van der Waals surface area contributed by atoms with E-state index in [9.17, 15) is 13.2 Å². The van der Waals surface area contributed by atoms with Crippen molar-refractivity contribution in [1.29, 1.82) is 0 Å². The molecule has 0 bridgehead atoms. The number of hydrogen-bond donors (Lipinski definition) is 2. The fourth-order valence-electron chi connectivity index (χ4n) is 2.77. The molecule has 2 aromatic rings. The number of nitrogens with zero attached hydrogens (tertiary/aromatic N) is 4. The summed E-state index contributed by atoms with van der Waals surface area (Å²) in [5, 5.41) is 10.6. The molecule has 1 unspecified atom stereocenters. The lowest BCUT2D eigenvalue weighted by Crippen LogP contribution is -2.41. The van der Waals surface area contributed by atoms with E-state index >= 15 is 0 Å². The molecule has 1 heterocycles. The van der Waals surface area contributed by atoms with Gasteiger partial charge in [-0.05, 0) is 27.1 Å². The van der Waals surface area contributed by atoms with Crippen LogP contribution in [-0.4, -0.2) is 54.2 Å². The van der Waals surface area contributed by atoms with Crippen molar-refractivity contribution in [3.8, 4) is 5.75 Å². The zero-order chi connectivity index (χ0) is 21.4. The lowest BCUT2D eigenvalue weighted by atomic mass is 10.1. The van der Waals surface area contributed by atoms with E-state index in [1.807, 2.05) is 34.3 Å². The minimum atomic E-state index is -4.74. The molecule has 2 N–H and O–H groups in total. The third-order valence-corrected chi connectivity index (χ3v) is 4.15. The van der Waals surface area contributed by atoms with Gasteiger partial charge < -0.3 is 20.3 Å². The van der Waals surface area contributed by atoms with E-state index < -0.39 is 6.36 Å². The van der Waals surface area contributed by atoms with E-state index in [0.29, 0.717) is 24.6 Å². The zero-order valence-electron chi connectivity index (χ0n) is 17.4. The highest BCUT2D eigenvalue weighted by atomic mass is 127. The number of ether oxygens (including phenoxy) is 1. The maximum absolute atomic E-state index is 12.6. The van der Waals surface area contributed by atoms with Gasteiger partial charge in [0.25, 0.3) is 0 Å². The zero-order valence-corrected chi connectivity index (χ0v) is 19.7. The molecule has 0 amide bonds. The predicted octanol–water partition coefficient (Wildman–Crippen LogP) is 3.29. The van der Waals surface area contributed by atoms with Gasteiger partial charge in [0.15, 0.2) is 5.96 Å². The van der Waals surface area contributed by atoms with Crippen LogP contribution >= 0.6 is 24.0 Å². The summed E-state index contributed by atoms with van der Waals surface area (Å²) in [7, 11) is 5.79. The van der Waals surface area contributed by atoms with Crippen LogP contribution in [0.5, 0.6) is 5.75 Å². The van der Waals surface area contributed by atoms with Crippen molar-refractivity contribution in [1.82, 2.24) is 25.3 Å². The Labute approximate surface area is 191 Å². The second-order valence-corrected chi connectivity index (χ2v) is 6.66. The molecular weight excluding hydrogens is 512 g/mol. The van der Waals surface area contributed by atoms with Crippen molar-refractivity contribution in [2.45, 2.75) is 25.9 Å². The van der Waals surface area contributed by atoms with Gasteiger partial charge in [0.05, 0.1) is 18.8 Å². The van der Waals surface area contributed by atoms with Gasteiger partial charge in [0, 0.05) is 37.5 Å².